The van der Waals surface area contributed by atoms with Gasteiger partial charge in [0.25, 0.3) is 0 Å². The Morgan fingerprint density at radius 2 is 2.05 bits per heavy atom. The van der Waals surface area contributed by atoms with E-state index < -0.39 is 21.9 Å². The molecule has 0 saturated heterocycles. The highest BCUT2D eigenvalue weighted by Crippen LogP contribution is 2.28. The van der Waals surface area contributed by atoms with E-state index in [9.17, 15) is 12.8 Å². The molecular formula is C12H12ClFN2O2S2. The summed E-state index contributed by atoms with van der Waals surface area (Å²) in [6, 6.07) is 6.29. The summed E-state index contributed by atoms with van der Waals surface area (Å²) < 4.78 is 40.5. The smallest absolute Gasteiger partial charge is 0.241 e. The maximum Gasteiger partial charge on any atom is 0.241 e. The molecule has 2 rings (SSSR count). The summed E-state index contributed by atoms with van der Waals surface area (Å²) in [4.78, 5) is 0.708. The number of sulfonamides is 1. The van der Waals surface area contributed by atoms with Crippen LogP contribution in [0.1, 0.15) is 17.8 Å². The number of anilines is 1. The first kappa shape index (κ1) is 15.2. The van der Waals surface area contributed by atoms with Gasteiger partial charge in [-0.1, -0.05) is 11.6 Å². The molecule has 4 nitrogen and oxygen atoms in total. The van der Waals surface area contributed by atoms with Gasteiger partial charge in [0.05, 0.1) is 21.0 Å². The molecule has 1 atom stereocenters. The summed E-state index contributed by atoms with van der Waals surface area (Å²) in [6.45, 7) is 1.70. The van der Waals surface area contributed by atoms with Crippen LogP contribution in [-0.2, 0) is 10.0 Å². The Morgan fingerprint density at radius 1 is 1.35 bits per heavy atom. The molecule has 8 heteroatoms. The molecule has 0 saturated carbocycles. The van der Waals surface area contributed by atoms with Crippen molar-refractivity contribution >= 4 is 38.6 Å². The maximum absolute atomic E-state index is 13.1. The van der Waals surface area contributed by atoms with Gasteiger partial charge in [-0.15, -0.1) is 11.3 Å². The van der Waals surface area contributed by atoms with Crippen LogP contribution in [0.4, 0.5) is 10.1 Å². The Hall–Kier alpha value is -1.15. The third-order valence-electron chi connectivity index (χ3n) is 2.63. The fraction of sp³-hybridized carbons (Fsp3) is 0.167. The lowest BCUT2D eigenvalue weighted by atomic mass is 10.3. The molecule has 1 aromatic heterocycles. The van der Waals surface area contributed by atoms with Crippen LogP contribution in [0.25, 0.3) is 0 Å². The molecule has 108 valence electrons. The Kier molecular flexibility index (Phi) is 4.33. The number of hydrogen-bond donors (Lipinski definition) is 2. The van der Waals surface area contributed by atoms with E-state index in [1.165, 1.54) is 17.4 Å². The van der Waals surface area contributed by atoms with Crippen molar-refractivity contribution < 1.29 is 12.8 Å². The minimum Gasteiger partial charge on any atom is -0.396 e. The van der Waals surface area contributed by atoms with E-state index in [1.807, 2.05) is 0 Å². The van der Waals surface area contributed by atoms with Gasteiger partial charge in [0.15, 0.2) is 0 Å². The molecular weight excluding hydrogens is 323 g/mol. The highest BCUT2D eigenvalue weighted by atomic mass is 35.5. The zero-order valence-corrected chi connectivity index (χ0v) is 12.8. The van der Waals surface area contributed by atoms with E-state index in [2.05, 4.69) is 4.72 Å². The van der Waals surface area contributed by atoms with Gasteiger partial charge in [0.1, 0.15) is 5.82 Å². The molecule has 2 aromatic rings. The van der Waals surface area contributed by atoms with Crippen LogP contribution in [0.3, 0.4) is 0 Å². The van der Waals surface area contributed by atoms with Crippen LogP contribution in [0, 0.1) is 5.82 Å². The third kappa shape index (κ3) is 3.29. The number of nitrogens with one attached hydrogen (secondary N) is 1. The van der Waals surface area contributed by atoms with Gasteiger partial charge in [-0.2, -0.15) is 0 Å². The van der Waals surface area contributed by atoms with Gasteiger partial charge < -0.3 is 5.73 Å². The van der Waals surface area contributed by atoms with Crippen molar-refractivity contribution in [3.63, 3.8) is 0 Å². The quantitative estimate of drug-likeness (QED) is 0.843. The average molecular weight is 335 g/mol. The third-order valence-corrected chi connectivity index (χ3v) is 5.58. The molecule has 0 aliphatic rings. The van der Waals surface area contributed by atoms with Gasteiger partial charge >= 0.3 is 0 Å². The number of rotatable bonds is 4. The van der Waals surface area contributed by atoms with E-state index >= 15 is 0 Å². The van der Waals surface area contributed by atoms with Crippen LogP contribution < -0.4 is 10.5 Å². The standard InChI is InChI=1S/C12H12ClFN2O2S2/c1-7(11-4-5-12(13)19-11)16-20(17,18)8-2-3-9(14)10(15)6-8/h2-7,16H,15H2,1H3. The predicted molar refractivity (Wildman–Crippen MR) is 78.9 cm³/mol. The largest absolute Gasteiger partial charge is 0.396 e. The minimum absolute atomic E-state index is 0.0779. The van der Waals surface area contributed by atoms with Gasteiger partial charge in [-0.25, -0.2) is 17.5 Å². The van der Waals surface area contributed by atoms with Crippen LogP contribution in [-0.4, -0.2) is 8.42 Å². The van der Waals surface area contributed by atoms with Crippen molar-refractivity contribution in [1.29, 1.82) is 0 Å². The van der Waals surface area contributed by atoms with E-state index in [4.69, 9.17) is 17.3 Å². The molecule has 20 heavy (non-hydrogen) atoms. The van der Waals surface area contributed by atoms with Crippen molar-refractivity contribution in [2.75, 3.05) is 5.73 Å². The fourth-order valence-corrected chi connectivity index (χ4v) is 4.00. The molecule has 1 unspecified atom stereocenters. The second kappa shape index (κ2) is 5.69. The number of benzene rings is 1. The number of halogens is 2. The van der Waals surface area contributed by atoms with E-state index in [-0.39, 0.29) is 10.6 Å². The van der Waals surface area contributed by atoms with E-state index in [1.54, 1.807) is 19.1 Å². The zero-order chi connectivity index (χ0) is 14.9. The highest BCUT2D eigenvalue weighted by Gasteiger charge is 2.20. The Morgan fingerprint density at radius 3 is 2.60 bits per heavy atom. The maximum atomic E-state index is 13.1. The summed E-state index contributed by atoms with van der Waals surface area (Å²) >= 11 is 7.11. The molecule has 0 bridgehead atoms. The molecule has 0 fully saturated rings. The van der Waals surface area contributed by atoms with E-state index in [0.29, 0.717) is 4.34 Å². The fourth-order valence-electron chi connectivity index (χ4n) is 1.61. The van der Waals surface area contributed by atoms with Crippen LogP contribution >= 0.6 is 22.9 Å². The van der Waals surface area contributed by atoms with Gasteiger partial charge in [-0.3, -0.25) is 0 Å². The zero-order valence-electron chi connectivity index (χ0n) is 10.4. The molecule has 0 radical (unpaired) electrons. The topological polar surface area (TPSA) is 72.2 Å². The second-order valence-electron chi connectivity index (χ2n) is 4.17. The normalized spacial score (nSPS) is 13.3. The number of nitrogen functional groups attached to an aromatic ring is 1. The SMILES string of the molecule is CC(NS(=O)(=O)c1ccc(F)c(N)c1)c1ccc(Cl)s1. The van der Waals surface area contributed by atoms with Crippen molar-refractivity contribution in [3.05, 3.63) is 45.4 Å². The predicted octanol–water partition coefficient (Wildman–Crippen LogP) is 3.16. The first-order valence-corrected chi connectivity index (χ1v) is 8.30. The lowest BCUT2D eigenvalue weighted by molar-refractivity contribution is 0.568. The Bertz CT molecular complexity index is 731. The van der Waals surface area contributed by atoms with Gasteiger partial charge in [-0.05, 0) is 37.3 Å². The lowest BCUT2D eigenvalue weighted by Crippen LogP contribution is -2.26. The molecule has 0 aliphatic heterocycles. The van der Waals surface area contributed by atoms with Crippen molar-refractivity contribution in [2.45, 2.75) is 17.9 Å². The molecule has 0 spiro atoms. The van der Waals surface area contributed by atoms with Gasteiger partial charge in [0.2, 0.25) is 10.0 Å². The van der Waals surface area contributed by atoms with Crippen molar-refractivity contribution in [2.24, 2.45) is 0 Å². The molecule has 1 heterocycles. The van der Waals surface area contributed by atoms with Crippen molar-refractivity contribution in [1.82, 2.24) is 4.72 Å². The summed E-state index contributed by atoms with van der Waals surface area (Å²) in [5.74, 6) is -0.651. The summed E-state index contributed by atoms with van der Waals surface area (Å²) in [5, 5.41) is 0. The number of hydrogen-bond acceptors (Lipinski definition) is 4. The highest BCUT2D eigenvalue weighted by molar-refractivity contribution is 7.89. The summed E-state index contributed by atoms with van der Waals surface area (Å²) in [5.41, 5.74) is 5.17. The van der Waals surface area contributed by atoms with Crippen LogP contribution in [0.2, 0.25) is 4.34 Å². The lowest BCUT2D eigenvalue weighted by Gasteiger charge is -2.13. The minimum atomic E-state index is -3.77. The molecule has 0 aliphatic carbocycles. The first-order valence-electron chi connectivity index (χ1n) is 5.62. The molecule has 1 aromatic carbocycles. The van der Waals surface area contributed by atoms with Crippen LogP contribution in [0.5, 0.6) is 0 Å². The molecule has 0 amide bonds. The van der Waals surface area contributed by atoms with Crippen LogP contribution in [0.15, 0.2) is 35.2 Å². The summed E-state index contributed by atoms with van der Waals surface area (Å²) in [6.07, 6.45) is 0. The number of nitrogens with two attached hydrogens (primary N) is 1. The summed E-state index contributed by atoms with van der Waals surface area (Å²) in [7, 11) is -3.77. The monoisotopic (exact) mass is 334 g/mol. The first-order chi connectivity index (χ1) is 9.29. The average Bonchev–Trinajstić information content (AvgIpc) is 2.79. The van der Waals surface area contributed by atoms with Crippen molar-refractivity contribution in [3.8, 4) is 0 Å². The van der Waals surface area contributed by atoms with Gasteiger partial charge in [0, 0.05) is 4.88 Å². The molecule has 3 N–H and O–H groups in total. The number of thiophene rings is 1. The van der Waals surface area contributed by atoms with E-state index in [0.717, 1.165) is 17.0 Å². The Labute approximate surface area is 125 Å². The Balaban J connectivity index is 2.24. The second-order valence-corrected chi connectivity index (χ2v) is 7.63.